The van der Waals surface area contributed by atoms with Crippen molar-refractivity contribution in [3.05, 3.63) is 0 Å². The van der Waals surface area contributed by atoms with Crippen molar-refractivity contribution in [1.82, 2.24) is 0 Å². The van der Waals surface area contributed by atoms with E-state index in [4.69, 9.17) is 15.7 Å². The van der Waals surface area contributed by atoms with Crippen molar-refractivity contribution < 1.29 is 10.5 Å². The fourth-order valence-electron chi connectivity index (χ4n) is 1.03. The zero-order chi connectivity index (χ0) is 12.1. The first-order valence-electron chi connectivity index (χ1n) is 5.82. The molecule has 0 radical (unpaired) electrons. The minimum absolute atomic E-state index is 0.427. The molecule has 0 heterocycles. The highest BCUT2D eigenvalue weighted by atomic mass is 31.2. The average molecular weight is 234 g/mol. The Morgan fingerprint density at radius 3 is 2.73 bits per heavy atom. The van der Waals surface area contributed by atoms with Gasteiger partial charge in [0.25, 0.3) is 0 Å². The summed E-state index contributed by atoms with van der Waals surface area (Å²) in [5.41, 5.74) is 2.38. The van der Waals surface area contributed by atoms with E-state index in [1.54, 1.807) is 0 Å². The van der Waals surface area contributed by atoms with Crippen molar-refractivity contribution in [2.75, 3.05) is 26.4 Å². The summed E-state index contributed by atoms with van der Waals surface area (Å²) < 4.78 is 17.5. The fourth-order valence-corrected chi connectivity index (χ4v) is 1.84. The van der Waals surface area contributed by atoms with Crippen LogP contribution in [0, 0.1) is 11.3 Å². The lowest BCUT2D eigenvalue weighted by atomic mass is 10.2. The summed E-state index contributed by atoms with van der Waals surface area (Å²) in [5, 5.41) is 8.31. The molecule has 0 aromatic heterocycles. The predicted octanol–water partition coefficient (Wildman–Crippen LogP) is 2.39. The molecule has 0 bridgehead atoms. The van der Waals surface area contributed by atoms with Gasteiger partial charge in [0.05, 0.1) is 25.7 Å². The molecule has 0 fully saturated rings. The van der Waals surface area contributed by atoms with E-state index >= 15 is 0 Å². The van der Waals surface area contributed by atoms with E-state index in [0.29, 0.717) is 13.0 Å². The van der Waals surface area contributed by atoms with Crippen LogP contribution in [0.25, 0.3) is 0 Å². The first-order chi connectivity index (χ1) is 7.81. The van der Waals surface area contributed by atoms with Crippen molar-refractivity contribution >= 4 is 8.38 Å². The van der Waals surface area contributed by atoms with E-state index in [9.17, 15) is 0 Å². The molecule has 5 heteroatoms. The third-order valence-corrected chi connectivity index (χ3v) is 2.92. The largest absolute Gasteiger partial charge is 0.334 e. The van der Waals surface area contributed by atoms with Gasteiger partial charge in [-0.25, -0.2) is 0 Å². The Bertz CT molecular complexity index is 190. The van der Waals surface area contributed by atoms with E-state index in [1.807, 2.05) is 12.7 Å². The summed E-state index contributed by atoms with van der Waals surface area (Å²) in [6.45, 7) is 3.87. The number of hydrogen-bond donors (Lipinski definition) is 1. The smallest absolute Gasteiger partial charge is 0.167 e. The zero-order valence-corrected chi connectivity index (χ0v) is 10.3. The second kappa shape index (κ2) is 11.9. The van der Waals surface area contributed by atoms with Crippen LogP contribution in [0.3, 0.4) is 0 Å². The van der Waals surface area contributed by atoms with Gasteiger partial charge in [-0.3, -0.25) is 0 Å². The Kier molecular flexibility index (Phi) is 10.2. The van der Waals surface area contributed by atoms with Crippen LogP contribution >= 0.6 is 8.38 Å². The predicted molar refractivity (Wildman–Crippen MR) is 62.5 cm³/mol. The molecule has 0 aliphatic rings. The highest BCUT2D eigenvalue weighted by Crippen LogP contribution is 2.33. The molecular formula is C10H21N2O2P. The Labute approximate surface area is 95.1 Å². The Morgan fingerprint density at radius 2 is 2.00 bits per heavy atom. The summed E-state index contributed by atoms with van der Waals surface area (Å²) in [7, 11) is -0.813. The Balaban J connectivity index is 3.09. The maximum absolute atomic E-state index is 8.31. The summed E-state index contributed by atoms with van der Waals surface area (Å²) >= 11 is 0. The summed E-state index contributed by atoms with van der Waals surface area (Å²) in [6, 6.07) is 2.03. The topological polar surface area (TPSA) is 68.3 Å². The van der Waals surface area contributed by atoms with Crippen molar-refractivity contribution in [2.45, 2.75) is 32.1 Å². The SMILES string of the molecule is [3H]NCCCCCCOP(C)OCCC#N. The van der Waals surface area contributed by atoms with Gasteiger partial charge in [0, 0.05) is 6.66 Å². The molecule has 4 nitrogen and oxygen atoms in total. The van der Waals surface area contributed by atoms with Crippen LogP contribution in [0.2, 0.25) is 1.41 Å². The average Bonchev–Trinajstić information content (AvgIpc) is 2.28. The van der Waals surface area contributed by atoms with Crippen molar-refractivity contribution in [3.63, 3.8) is 0 Å². The minimum Gasteiger partial charge on any atom is -0.334 e. The van der Waals surface area contributed by atoms with Crippen LogP contribution in [-0.4, -0.2) is 26.4 Å². The number of nitrogens with two attached hydrogens (primary N) is 1. The van der Waals surface area contributed by atoms with Gasteiger partial charge in [-0.05, 0) is 19.4 Å². The molecule has 0 rings (SSSR count). The molecule has 88 valence electrons. The van der Waals surface area contributed by atoms with Crippen LogP contribution in [0.1, 0.15) is 32.1 Å². The number of unbranched alkanes of at least 4 members (excludes halogenated alkanes) is 3. The van der Waals surface area contributed by atoms with Gasteiger partial charge in [-0.2, -0.15) is 5.26 Å². The number of hydrogen-bond acceptors (Lipinski definition) is 4. The van der Waals surface area contributed by atoms with E-state index in [2.05, 4.69) is 5.73 Å². The summed E-state index contributed by atoms with van der Waals surface area (Å²) in [4.78, 5) is 0. The lowest BCUT2D eigenvalue weighted by Crippen LogP contribution is -1.98. The molecule has 0 aliphatic carbocycles. The van der Waals surface area contributed by atoms with Crippen LogP contribution in [0.4, 0.5) is 0 Å². The maximum atomic E-state index is 8.31. The van der Waals surface area contributed by atoms with E-state index in [1.165, 1.54) is 0 Å². The van der Waals surface area contributed by atoms with Crippen LogP contribution in [0.15, 0.2) is 0 Å². The molecule has 0 saturated carbocycles. The first kappa shape index (κ1) is 12.9. The van der Waals surface area contributed by atoms with E-state index in [0.717, 1.165) is 38.8 Å². The minimum atomic E-state index is -0.813. The molecular weight excluding hydrogens is 211 g/mol. The molecule has 0 aromatic carbocycles. The highest BCUT2D eigenvalue weighted by molar-refractivity contribution is 7.46. The van der Waals surface area contributed by atoms with Crippen LogP contribution in [0.5, 0.6) is 0 Å². The molecule has 2 N–H and O–H groups in total. The van der Waals surface area contributed by atoms with Gasteiger partial charge < -0.3 is 14.8 Å². The zero-order valence-electron chi connectivity index (χ0n) is 10.4. The summed E-state index contributed by atoms with van der Waals surface area (Å²) in [6.07, 6.45) is 4.76. The monoisotopic (exact) mass is 234 g/mol. The Hall–Kier alpha value is -0.200. The van der Waals surface area contributed by atoms with Gasteiger partial charge in [0.1, 0.15) is 1.41 Å². The number of nitriles is 1. The fraction of sp³-hybridized carbons (Fsp3) is 0.900. The molecule has 0 aliphatic heterocycles. The Morgan fingerprint density at radius 1 is 1.27 bits per heavy atom. The first-order valence-corrected chi connectivity index (χ1v) is 6.95. The van der Waals surface area contributed by atoms with E-state index in [-0.39, 0.29) is 0 Å². The molecule has 1 atom stereocenters. The van der Waals surface area contributed by atoms with Gasteiger partial charge in [-0.1, -0.05) is 12.8 Å². The van der Waals surface area contributed by atoms with Gasteiger partial charge in [-0.15, -0.1) is 0 Å². The van der Waals surface area contributed by atoms with Crippen molar-refractivity contribution in [1.29, 1.82) is 5.26 Å². The van der Waals surface area contributed by atoms with Gasteiger partial charge >= 0.3 is 0 Å². The molecule has 0 saturated heterocycles. The van der Waals surface area contributed by atoms with Gasteiger partial charge in [0.15, 0.2) is 8.38 Å². The second-order valence-corrected chi connectivity index (χ2v) is 4.57. The lowest BCUT2D eigenvalue weighted by Gasteiger charge is -2.11. The van der Waals surface area contributed by atoms with Crippen molar-refractivity contribution in [3.8, 4) is 6.07 Å². The standard InChI is InChI=1S/C10H21N2O2P/c1-15(14-10-6-8-12)13-9-5-3-2-4-7-11/h2-7,9-11H2,1H3/i/hT. The third kappa shape index (κ3) is 11.7. The van der Waals surface area contributed by atoms with Crippen molar-refractivity contribution in [2.24, 2.45) is 5.73 Å². The van der Waals surface area contributed by atoms with Gasteiger partial charge in [0.2, 0.25) is 0 Å². The molecule has 0 aromatic rings. The van der Waals surface area contributed by atoms with Crippen LogP contribution < -0.4 is 5.73 Å². The maximum Gasteiger partial charge on any atom is 0.167 e. The van der Waals surface area contributed by atoms with E-state index < -0.39 is 8.38 Å². The molecule has 0 amide bonds. The lowest BCUT2D eigenvalue weighted by molar-refractivity contribution is 0.252. The number of nitrogens with zero attached hydrogens (tertiary/aromatic N) is 1. The summed E-state index contributed by atoms with van der Waals surface area (Å²) in [5.74, 6) is 0. The molecule has 15 heavy (non-hydrogen) atoms. The highest BCUT2D eigenvalue weighted by Gasteiger charge is 2.01. The molecule has 1 unspecified atom stereocenters. The van der Waals surface area contributed by atoms with Crippen LogP contribution in [-0.2, 0) is 9.05 Å². The second-order valence-electron chi connectivity index (χ2n) is 3.18. The normalized spacial score (nSPS) is 13.2. The molecule has 0 spiro atoms. The third-order valence-electron chi connectivity index (χ3n) is 1.83. The quantitative estimate of drug-likeness (QED) is 0.440. The number of rotatable bonds is 11.